The molecule has 1 saturated carbocycles. The molecule has 4 aliphatic rings. The van der Waals surface area contributed by atoms with Gasteiger partial charge in [0, 0.05) is 45.1 Å². The number of likely N-dealkylation sites (tertiary alicyclic amines) is 2. The Morgan fingerprint density at radius 1 is 1.17 bits per heavy atom. The predicted molar refractivity (Wildman–Crippen MR) is 123 cm³/mol. The Morgan fingerprint density at radius 3 is 2.40 bits per heavy atom. The van der Waals surface area contributed by atoms with E-state index in [4.69, 9.17) is 9.47 Å². The SMILES string of the molecule is BC(B)(B)N1C(=O)OC2(CCN(C3CC4(CCN(C(=O)OCC)C4)C3)CC2)C1CC. The third-order valence-corrected chi connectivity index (χ3v) is 7.98. The second-order valence-electron chi connectivity index (χ2n) is 10.9. The molecule has 0 radical (unpaired) electrons. The monoisotopic (exact) mass is 415 g/mol. The molecule has 10 heteroatoms. The second-order valence-corrected chi connectivity index (χ2v) is 10.9. The van der Waals surface area contributed by atoms with Crippen LogP contribution in [0.15, 0.2) is 0 Å². The number of hydrogen-bond acceptors (Lipinski definition) is 5. The Balaban J connectivity index is 1.32. The number of amides is 2. The third kappa shape index (κ3) is 3.63. The molecular formula is C20H36B3N3O4. The van der Waals surface area contributed by atoms with Gasteiger partial charge >= 0.3 is 12.2 Å². The van der Waals surface area contributed by atoms with Crippen molar-refractivity contribution in [1.82, 2.24) is 14.7 Å². The van der Waals surface area contributed by atoms with Crippen molar-refractivity contribution in [2.75, 3.05) is 32.8 Å². The molecule has 3 heterocycles. The van der Waals surface area contributed by atoms with Crippen LogP contribution in [0.2, 0.25) is 0 Å². The molecule has 30 heavy (non-hydrogen) atoms. The van der Waals surface area contributed by atoms with E-state index in [1.54, 1.807) is 0 Å². The van der Waals surface area contributed by atoms with Crippen LogP contribution in [-0.2, 0) is 9.47 Å². The number of carbonyl (C=O) groups excluding carboxylic acids is 2. The largest absolute Gasteiger partial charge is 0.450 e. The van der Waals surface area contributed by atoms with Crippen LogP contribution in [0.3, 0.4) is 0 Å². The van der Waals surface area contributed by atoms with Crippen molar-refractivity contribution in [3.63, 3.8) is 0 Å². The van der Waals surface area contributed by atoms with E-state index < -0.39 is 0 Å². The molecule has 0 aromatic carbocycles. The van der Waals surface area contributed by atoms with Gasteiger partial charge in [0.1, 0.15) is 29.1 Å². The van der Waals surface area contributed by atoms with Gasteiger partial charge < -0.3 is 24.2 Å². The Labute approximate surface area is 183 Å². The number of rotatable bonds is 4. The Hall–Kier alpha value is -1.31. The zero-order chi connectivity index (χ0) is 21.7. The summed E-state index contributed by atoms with van der Waals surface area (Å²) in [6, 6.07) is 0.758. The highest BCUT2D eigenvalue weighted by Gasteiger charge is 2.58. The zero-order valence-corrected chi connectivity index (χ0v) is 19.4. The molecule has 2 amide bonds. The molecule has 4 rings (SSSR count). The molecule has 1 atom stereocenters. The lowest BCUT2D eigenvalue weighted by molar-refractivity contribution is -0.0636. The summed E-state index contributed by atoms with van der Waals surface area (Å²) in [6.45, 7) is 8.12. The molecule has 3 saturated heterocycles. The van der Waals surface area contributed by atoms with Gasteiger partial charge in [-0.05, 0) is 43.3 Å². The van der Waals surface area contributed by atoms with Crippen LogP contribution in [0.4, 0.5) is 9.59 Å². The summed E-state index contributed by atoms with van der Waals surface area (Å²) >= 11 is 0. The summed E-state index contributed by atoms with van der Waals surface area (Å²) in [6.07, 6.45) is 5.90. The maximum absolute atomic E-state index is 12.7. The standard InChI is InChI=1S/C20H36B3N3O4/c1-3-15-19(30-17(28)26(15)20(21,22)23)6-9-24(10-7-19)14-11-18(12-14)5-8-25(13-18)16(27)29-4-2/h14-15H,3-13,21-23H2,1-2H3. The van der Waals surface area contributed by atoms with Crippen molar-refractivity contribution < 1.29 is 19.1 Å². The first-order valence-corrected chi connectivity index (χ1v) is 11.8. The van der Waals surface area contributed by atoms with Crippen molar-refractivity contribution in [2.45, 2.75) is 75.3 Å². The van der Waals surface area contributed by atoms with E-state index in [0.717, 1.165) is 51.9 Å². The van der Waals surface area contributed by atoms with Crippen molar-refractivity contribution in [3.05, 3.63) is 0 Å². The fraction of sp³-hybridized carbons (Fsp3) is 0.900. The van der Waals surface area contributed by atoms with Gasteiger partial charge in [-0.1, -0.05) is 6.92 Å². The van der Waals surface area contributed by atoms with E-state index in [-0.39, 0.29) is 29.1 Å². The minimum Gasteiger partial charge on any atom is -0.450 e. The lowest BCUT2D eigenvalue weighted by Gasteiger charge is -2.53. The zero-order valence-electron chi connectivity index (χ0n) is 19.4. The van der Waals surface area contributed by atoms with Crippen LogP contribution in [0.5, 0.6) is 0 Å². The molecule has 0 aromatic heterocycles. The molecule has 7 nitrogen and oxygen atoms in total. The number of nitrogens with zero attached hydrogens (tertiary/aromatic N) is 3. The van der Waals surface area contributed by atoms with Crippen LogP contribution in [0, 0.1) is 5.41 Å². The molecule has 0 aromatic rings. The van der Waals surface area contributed by atoms with E-state index >= 15 is 0 Å². The summed E-state index contributed by atoms with van der Waals surface area (Å²) in [5, 5.41) is -0.216. The summed E-state index contributed by atoms with van der Waals surface area (Å²) in [7, 11) is 6.29. The van der Waals surface area contributed by atoms with Gasteiger partial charge in [-0.25, -0.2) is 9.59 Å². The Kier molecular flexibility index (Phi) is 5.61. The average molecular weight is 415 g/mol. The van der Waals surface area contributed by atoms with Crippen molar-refractivity contribution in [3.8, 4) is 0 Å². The fourth-order valence-corrected chi connectivity index (χ4v) is 6.49. The van der Waals surface area contributed by atoms with Gasteiger partial charge in [-0.15, -0.1) is 0 Å². The first kappa shape index (κ1) is 21.9. The van der Waals surface area contributed by atoms with Gasteiger partial charge in [0.25, 0.3) is 0 Å². The molecule has 4 fully saturated rings. The maximum Gasteiger partial charge on any atom is 0.409 e. The molecular weight excluding hydrogens is 379 g/mol. The summed E-state index contributed by atoms with van der Waals surface area (Å²) in [5.41, 5.74) is -0.0352. The second kappa shape index (κ2) is 7.68. The smallest absolute Gasteiger partial charge is 0.409 e. The third-order valence-electron chi connectivity index (χ3n) is 7.98. The Bertz CT molecular complexity index is 687. The van der Waals surface area contributed by atoms with E-state index in [2.05, 4.69) is 35.4 Å². The van der Waals surface area contributed by atoms with Crippen LogP contribution < -0.4 is 0 Å². The normalized spacial score (nSPS) is 33.7. The van der Waals surface area contributed by atoms with E-state index in [1.165, 1.54) is 12.8 Å². The minimum atomic E-state index is -0.328. The quantitative estimate of drug-likeness (QED) is 0.584. The van der Waals surface area contributed by atoms with Crippen molar-refractivity contribution >= 4 is 35.7 Å². The van der Waals surface area contributed by atoms with Gasteiger partial charge in [0.05, 0.1) is 12.6 Å². The van der Waals surface area contributed by atoms with E-state index in [9.17, 15) is 9.59 Å². The molecule has 0 bridgehead atoms. The highest BCUT2D eigenvalue weighted by Crippen LogP contribution is 2.51. The average Bonchev–Trinajstić information content (AvgIpc) is 3.21. The Morgan fingerprint density at radius 2 is 1.83 bits per heavy atom. The number of hydrogen-bond donors (Lipinski definition) is 0. The summed E-state index contributed by atoms with van der Waals surface area (Å²) in [4.78, 5) is 31.2. The molecule has 3 aliphatic heterocycles. The highest BCUT2D eigenvalue weighted by molar-refractivity contribution is 6.59. The molecule has 0 N–H and O–H groups in total. The topological polar surface area (TPSA) is 62.3 Å². The van der Waals surface area contributed by atoms with E-state index in [0.29, 0.717) is 18.1 Å². The number of carbonyl (C=O) groups is 2. The van der Waals surface area contributed by atoms with Gasteiger partial charge in [-0.2, -0.15) is 0 Å². The van der Waals surface area contributed by atoms with Crippen LogP contribution in [-0.4, -0.2) is 106 Å². The first-order chi connectivity index (χ1) is 14.1. The maximum atomic E-state index is 12.7. The lowest BCUT2D eigenvalue weighted by atomic mass is 9.48. The van der Waals surface area contributed by atoms with Gasteiger partial charge in [0.2, 0.25) is 0 Å². The van der Waals surface area contributed by atoms with Gasteiger partial charge in [-0.3, -0.25) is 0 Å². The molecule has 2 spiro atoms. The van der Waals surface area contributed by atoms with Crippen molar-refractivity contribution in [1.29, 1.82) is 0 Å². The number of ether oxygens (including phenoxy) is 2. The molecule has 1 aliphatic carbocycles. The minimum absolute atomic E-state index is 0.143. The highest BCUT2D eigenvalue weighted by atomic mass is 16.6. The summed E-state index contributed by atoms with van der Waals surface area (Å²) < 4.78 is 11.2. The first-order valence-electron chi connectivity index (χ1n) is 11.8. The molecule has 164 valence electrons. The van der Waals surface area contributed by atoms with Crippen LogP contribution in [0.1, 0.15) is 52.4 Å². The molecule has 1 unspecified atom stereocenters. The fourth-order valence-electron chi connectivity index (χ4n) is 6.49. The summed E-state index contributed by atoms with van der Waals surface area (Å²) in [5.74, 6) is 0. The lowest BCUT2D eigenvalue weighted by Crippen LogP contribution is -2.61. The number of piperidine rings is 1. The van der Waals surface area contributed by atoms with Crippen LogP contribution in [0.25, 0.3) is 0 Å². The van der Waals surface area contributed by atoms with Crippen molar-refractivity contribution in [2.24, 2.45) is 5.41 Å². The van der Waals surface area contributed by atoms with Gasteiger partial charge in [0.15, 0.2) is 0 Å². The predicted octanol–water partition coefficient (Wildman–Crippen LogP) is -0.427. The van der Waals surface area contributed by atoms with Crippen LogP contribution >= 0.6 is 0 Å². The van der Waals surface area contributed by atoms with E-state index in [1.807, 2.05) is 16.7 Å².